The van der Waals surface area contributed by atoms with Crippen LogP contribution in [0.5, 0.6) is 0 Å². The Morgan fingerprint density at radius 3 is 2.22 bits per heavy atom. The van der Waals surface area contributed by atoms with Gasteiger partial charge in [0.1, 0.15) is 36.6 Å². The van der Waals surface area contributed by atoms with Crippen LogP contribution < -0.4 is 0 Å². The van der Waals surface area contributed by atoms with E-state index in [1.165, 1.54) is 0 Å². The van der Waals surface area contributed by atoms with Crippen molar-refractivity contribution >= 4 is 14.3 Å². The third-order valence-corrected chi connectivity index (χ3v) is 22.3. The van der Waals surface area contributed by atoms with Crippen LogP contribution in [0, 0.1) is 11.8 Å². The van der Waals surface area contributed by atoms with Gasteiger partial charge in [-0.05, 0) is 86.6 Å². The van der Waals surface area contributed by atoms with Crippen LogP contribution in [0.15, 0.2) is 37.0 Å². The highest BCUT2D eigenvalue weighted by Gasteiger charge is 2.75. The minimum absolute atomic E-state index is 0.0158. The number of rotatable bonds is 9. The van der Waals surface area contributed by atoms with Gasteiger partial charge in [0.15, 0.2) is 14.1 Å². The summed E-state index contributed by atoms with van der Waals surface area (Å²) in [7, 11) is -1.93. The van der Waals surface area contributed by atoms with Crippen molar-refractivity contribution in [1.82, 2.24) is 0 Å². The molecule has 0 saturated carbocycles. The Balaban J connectivity index is 0.937. The van der Waals surface area contributed by atoms with Crippen molar-refractivity contribution in [3.8, 4) is 0 Å². The van der Waals surface area contributed by atoms with Crippen LogP contribution in [0.3, 0.4) is 0 Å². The van der Waals surface area contributed by atoms with E-state index in [1.807, 2.05) is 0 Å². The Morgan fingerprint density at radius 2 is 1.45 bits per heavy atom. The van der Waals surface area contributed by atoms with Crippen LogP contribution in [0.4, 0.5) is 0 Å². The lowest BCUT2D eigenvalue weighted by Crippen LogP contribution is -2.63. The molecule has 0 N–H and O–H groups in total. The van der Waals surface area contributed by atoms with E-state index in [2.05, 4.69) is 61.3 Å². The van der Waals surface area contributed by atoms with Gasteiger partial charge in [-0.15, -0.1) is 6.58 Å². The largest absolute Gasteiger partial charge is 0.459 e. The Morgan fingerprint density at radius 1 is 0.708 bits per heavy atom. The van der Waals surface area contributed by atoms with Crippen molar-refractivity contribution in [3.05, 3.63) is 37.0 Å². The van der Waals surface area contributed by atoms with Crippen LogP contribution in [0.2, 0.25) is 18.1 Å². The van der Waals surface area contributed by atoms with Crippen molar-refractivity contribution in [2.24, 2.45) is 11.8 Å². The van der Waals surface area contributed by atoms with Crippen molar-refractivity contribution in [3.63, 3.8) is 0 Å². The van der Waals surface area contributed by atoms with E-state index in [4.69, 9.17) is 56.5 Å². The summed E-state index contributed by atoms with van der Waals surface area (Å²) in [5.41, 5.74) is 2.19. The molecular formula is C51H78O13Si. The van der Waals surface area contributed by atoms with Gasteiger partial charge in [-0.1, -0.05) is 60.8 Å². The average molecular weight is 927 g/mol. The van der Waals surface area contributed by atoms with E-state index in [9.17, 15) is 4.79 Å². The van der Waals surface area contributed by atoms with Gasteiger partial charge in [-0.3, -0.25) is 4.79 Å². The number of ether oxygens (including phenoxy) is 11. The quantitative estimate of drug-likeness (QED) is 0.125. The van der Waals surface area contributed by atoms with Gasteiger partial charge in [-0.2, -0.15) is 0 Å². The molecule has 13 nitrogen and oxygen atoms in total. The van der Waals surface area contributed by atoms with Gasteiger partial charge in [0.2, 0.25) is 5.79 Å². The maximum absolute atomic E-state index is 14.4. The zero-order valence-electron chi connectivity index (χ0n) is 40.0. The summed E-state index contributed by atoms with van der Waals surface area (Å²) in [5.74, 6) is -2.21. The fourth-order valence-electron chi connectivity index (χ4n) is 13.7. The molecule has 14 heteroatoms. The second-order valence-corrected chi connectivity index (χ2v) is 26.2. The van der Waals surface area contributed by atoms with Crippen LogP contribution in [0.25, 0.3) is 0 Å². The maximum atomic E-state index is 14.4. The highest BCUT2D eigenvalue weighted by Crippen LogP contribution is 2.59. The first-order chi connectivity index (χ1) is 31.3. The fourth-order valence-corrected chi connectivity index (χ4v) is 16.6. The molecule has 364 valence electrons. The Bertz CT molecular complexity index is 1770. The number of hydrogen-bond donors (Lipinski definition) is 0. The standard InChI is InChI=1S/C51H78O13Si/c1-10-21-53-51-27-50-20-19-34-23-29(7)36(54-34)17-15-32-22-28(6)30(8)38(55-32)25-40-44(31(9)43-41(57-40)26-39(35(11-2)58-43)64-65(12-3,13-4)14-5)60-42(52)24-33-16-18-37-45(56-33)46(61-50)47(62-51)48(59-37)49(51)63-50/h10,28,31-41,43-49H,1,7-8,11-27H2,2-6,9H3/t28-,31+,32+,33?,34?,35-,36+,37?,38?,39-,40?,41+,43+,44?,45+,46?,47?,48-,49?,50-,51-/m1/s1. The van der Waals surface area contributed by atoms with E-state index < -0.39 is 62.6 Å². The molecule has 0 radical (unpaired) electrons. The monoisotopic (exact) mass is 927 g/mol. The van der Waals surface area contributed by atoms with Crippen molar-refractivity contribution in [2.45, 2.75) is 258 Å². The van der Waals surface area contributed by atoms with Gasteiger partial charge >= 0.3 is 5.97 Å². The molecule has 21 atom stereocenters. The number of hydrogen-bond acceptors (Lipinski definition) is 13. The van der Waals surface area contributed by atoms with Gasteiger partial charge in [0, 0.05) is 25.2 Å². The highest BCUT2D eigenvalue weighted by atomic mass is 28.4. The maximum Gasteiger partial charge on any atom is 0.308 e. The second kappa shape index (κ2) is 18.7. The molecule has 0 aromatic carbocycles. The molecule has 1 spiro atoms. The molecule has 11 heterocycles. The number of carbonyl (C=O) groups is 1. The Kier molecular flexibility index (Phi) is 13.5. The van der Waals surface area contributed by atoms with Gasteiger partial charge in [0.05, 0.1) is 86.6 Å². The van der Waals surface area contributed by atoms with E-state index in [0.29, 0.717) is 38.7 Å². The second-order valence-electron chi connectivity index (χ2n) is 21.5. The summed E-state index contributed by atoms with van der Waals surface area (Å²) in [6.45, 7) is 26.7. The first-order valence-corrected chi connectivity index (χ1v) is 28.3. The average Bonchev–Trinajstić information content (AvgIpc) is 3.85. The summed E-state index contributed by atoms with van der Waals surface area (Å²) in [6, 6.07) is 3.22. The van der Waals surface area contributed by atoms with Crippen LogP contribution in [0.1, 0.15) is 125 Å². The van der Waals surface area contributed by atoms with Gasteiger partial charge < -0.3 is 56.5 Å². The third kappa shape index (κ3) is 8.65. The molecule has 11 aliphatic rings. The van der Waals surface area contributed by atoms with E-state index >= 15 is 0 Å². The molecule has 65 heavy (non-hydrogen) atoms. The predicted octanol–water partition coefficient (Wildman–Crippen LogP) is 8.17. The molecule has 12 bridgehead atoms. The minimum Gasteiger partial charge on any atom is -0.459 e. The normalized spacial score (nSPS) is 49.7. The number of fused-ring (bicyclic) bond motifs is 7. The summed E-state index contributed by atoms with van der Waals surface area (Å²) in [6.07, 6.45) is 5.59. The zero-order chi connectivity index (χ0) is 45.4. The molecule has 0 aliphatic carbocycles. The predicted molar refractivity (Wildman–Crippen MR) is 242 cm³/mol. The lowest BCUT2D eigenvalue weighted by atomic mass is 9.79. The Hall–Kier alpha value is -1.53. The molecule has 11 aliphatic heterocycles. The van der Waals surface area contributed by atoms with E-state index in [-0.39, 0.29) is 85.3 Å². The summed E-state index contributed by atoms with van der Waals surface area (Å²) in [5, 5.41) is 0. The van der Waals surface area contributed by atoms with Crippen LogP contribution in [-0.4, -0.2) is 136 Å². The fraction of sp³-hybridized carbons (Fsp3) is 0.863. The smallest absolute Gasteiger partial charge is 0.308 e. The van der Waals surface area contributed by atoms with Crippen molar-refractivity contribution in [2.75, 3.05) is 6.61 Å². The first-order valence-electron chi connectivity index (χ1n) is 25.8. The summed E-state index contributed by atoms with van der Waals surface area (Å²) < 4.78 is 83.0. The molecule has 0 aromatic rings. The molecule has 0 aromatic heterocycles. The van der Waals surface area contributed by atoms with Crippen LogP contribution in [-0.2, 0) is 61.3 Å². The van der Waals surface area contributed by atoms with E-state index in [1.54, 1.807) is 6.08 Å². The number of esters is 1. The zero-order valence-corrected chi connectivity index (χ0v) is 41.0. The Labute approximate surface area is 388 Å². The van der Waals surface area contributed by atoms with Crippen molar-refractivity contribution in [1.29, 1.82) is 0 Å². The molecule has 11 saturated heterocycles. The van der Waals surface area contributed by atoms with Crippen LogP contribution >= 0.6 is 0 Å². The SMILES string of the molecule is C=CCO[C@]12C[C@]34CCC5CC(=C)[C@H](CC[C@H]6C[C@@H](C)C(=C)C(CC7O[C@H]8C[C@@H](O[Si](CC)(CC)CC)[C@@H](CC)O[C@H]8[C@H](C)C7OC(=O)CC7CCC8O[C@H](C(O1)C(O3)[C@H]8O7)C2O4)O6)O5. The van der Waals surface area contributed by atoms with E-state index in [0.717, 1.165) is 74.2 Å². The van der Waals surface area contributed by atoms with Crippen molar-refractivity contribution < 1.29 is 61.3 Å². The lowest BCUT2D eigenvalue weighted by molar-refractivity contribution is -0.305. The van der Waals surface area contributed by atoms with Gasteiger partial charge in [0.25, 0.3) is 0 Å². The third-order valence-electron chi connectivity index (χ3n) is 17.6. The highest BCUT2D eigenvalue weighted by molar-refractivity contribution is 6.73. The first kappa shape index (κ1) is 47.2. The molecular weight excluding hydrogens is 849 g/mol. The molecule has 9 unspecified atom stereocenters. The lowest BCUT2D eigenvalue weighted by Gasteiger charge is -2.52. The minimum atomic E-state index is -1.93. The topological polar surface area (TPSA) is 128 Å². The van der Waals surface area contributed by atoms with Gasteiger partial charge in [-0.25, -0.2) is 0 Å². The summed E-state index contributed by atoms with van der Waals surface area (Å²) >= 11 is 0. The molecule has 11 fully saturated rings. The molecule has 0 amide bonds. The summed E-state index contributed by atoms with van der Waals surface area (Å²) in [4.78, 5) is 14.4. The number of carbonyl (C=O) groups excluding carboxylic acids is 1. The molecule has 11 rings (SSSR count).